The van der Waals surface area contributed by atoms with Gasteiger partial charge in [-0.1, -0.05) is 0 Å². The Bertz CT molecular complexity index is 93.1. The molecule has 9 heavy (non-hydrogen) atoms. The van der Waals surface area contributed by atoms with Crippen molar-refractivity contribution in [1.29, 1.82) is 0 Å². The van der Waals surface area contributed by atoms with Gasteiger partial charge in [0, 0.05) is 11.8 Å². The van der Waals surface area contributed by atoms with E-state index in [1.54, 1.807) is 18.7 Å². The molecule has 0 spiro atoms. The molecule has 0 amide bonds. The van der Waals surface area contributed by atoms with Gasteiger partial charge in [0.05, 0.1) is 5.75 Å². The van der Waals surface area contributed by atoms with Crippen molar-refractivity contribution >= 4 is 17.5 Å². The van der Waals surface area contributed by atoms with Gasteiger partial charge in [0.15, 0.2) is 0 Å². The Morgan fingerprint density at radius 3 is 2.67 bits per heavy atom. The molecule has 0 aliphatic rings. The van der Waals surface area contributed by atoms with Crippen LogP contribution in [0.2, 0.25) is 0 Å². The van der Waals surface area contributed by atoms with Gasteiger partial charge in [-0.25, -0.2) is 0 Å². The number of nitrogens with two attached hydrogens (primary N) is 1. The van der Waals surface area contributed by atoms with E-state index in [2.05, 4.69) is 0 Å². The lowest BCUT2D eigenvalue weighted by Crippen LogP contribution is -2.18. The van der Waals surface area contributed by atoms with Crippen LogP contribution in [0.4, 0.5) is 0 Å². The van der Waals surface area contributed by atoms with E-state index in [0.717, 1.165) is 5.75 Å². The lowest BCUT2D eigenvalue weighted by atomic mass is 10.4. The van der Waals surface area contributed by atoms with Gasteiger partial charge >= 0.3 is 0 Å². The number of rotatable bonds is 4. The maximum atomic E-state index is 10.4. The first kappa shape index (κ1) is 8.98. The molecule has 0 heterocycles. The van der Waals surface area contributed by atoms with Gasteiger partial charge in [0.1, 0.15) is 5.78 Å². The van der Waals surface area contributed by atoms with Gasteiger partial charge in [-0.3, -0.25) is 4.79 Å². The Labute approximate surface area is 60.2 Å². The molecule has 0 bridgehead atoms. The summed E-state index contributed by atoms with van der Waals surface area (Å²) in [4.78, 5) is 10.4. The normalized spacial score (nSPS) is 13.2. The van der Waals surface area contributed by atoms with Gasteiger partial charge < -0.3 is 5.73 Å². The first-order valence-corrected chi connectivity index (χ1v) is 4.11. The summed E-state index contributed by atoms with van der Waals surface area (Å²) in [5, 5.41) is 0. The van der Waals surface area contributed by atoms with Gasteiger partial charge in [-0.15, -0.1) is 0 Å². The predicted molar refractivity (Wildman–Crippen MR) is 41.7 cm³/mol. The molecule has 0 aromatic heterocycles. The molecule has 54 valence electrons. The number of thioether (sulfide) groups is 1. The smallest absolute Gasteiger partial charge is 0.139 e. The molecule has 0 unspecified atom stereocenters. The SMILES string of the molecule is CC(=O)CSC[C@@H](C)N. The minimum absolute atomic E-state index is 0.203. The molecule has 0 rings (SSSR count). The number of carbonyl (C=O) groups excluding carboxylic acids is 1. The van der Waals surface area contributed by atoms with Crippen molar-refractivity contribution in [3.05, 3.63) is 0 Å². The van der Waals surface area contributed by atoms with E-state index in [1.165, 1.54) is 0 Å². The van der Waals surface area contributed by atoms with Crippen molar-refractivity contribution in [2.24, 2.45) is 5.73 Å². The van der Waals surface area contributed by atoms with Gasteiger partial charge in [-0.05, 0) is 13.8 Å². The highest BCUT2D eigenvalue weighted by molar-refractivity contribution is 7.99. The van der Waals surface area contributed by atoms with Gasteiger partial charge in [0.25, 0.3) is 0 Å². The highest BCUT2D eigenvalue weighted by atomic mass is 32.2. The van der Waals surface area contributed by atoms with Crippen LogP contribution in [-0.4, -0.2) is 23.3 Å². The molecule has 2 nitrogen and oxygen atoms in total. The van der Waals surface area contributed by atoms with Crippen LogP contribution in [0.3, 0.4) is 0 Å². The highest BCUT2D eigenvalue weighted by Crippen LogP contribution is 2.00. The molecule has 0 fully saturated rings. The Kier molecular flexibility index (Phi) is 4.81. The summed E-state index contributed by atoms with van der Waals surface area (Å²) in [5.41, 5.74) is 5.45. The molecular weight excluding hydrogens is 134 g/mol. The zero-order chi connectivity index (χ0) is 7.28. The molecule has 3 heteroatoms. The third-order valence-corrected chi connectivity index (χ3v) is 2.06. The average molecular weight is 147 g/mol. The summed E-state index contributed by atoms with van der Waals surface area (Å²) in [5.74, 6) is 1.70. The summed E-state index contributed by atoms with van der Waals surface area (Å²) in [7, 11) is 0. The summed E-state index contributed by atoms with van der Waals surface area (Å²) < 4.78 is 0. The fraction of sp³-hybridized carbons (Fsp3) is 0.833. The van der Waals surface area contributed by atoms with Crippen LogP contribution in [0, 0.1) is 0 Å². The average Bonchev–Trinajstić information content (AvgIpc) is 1.63. The lowest BCUT2D eigenvalue weighted by molar-refractivity contribution is -0.114. The minimum Gasteiger partial charge on any atom is -0.327 e. The molecule has 2 N–H and O–H groups in total. The van der Waals surface area contributed by atoms with E-state index < -0.39 is 0 Å². The highest BCUT2D eigenvalue weighted by Gasteiger charge is 1.95. The second-order valence-electron chi connectivity index (χ2n) is 2.19. The van der Waals surface area contributed by atoms with Gasteiger partial charge in [0.2, 0.25) is 0 Å². The van der Waals surface area contributed by atoms with Crippen molar-refractivity contribution < 1.29 is 4.79 Å². The monoisotopic (exact) mass is 147 g/mol. The van der Waals surface area contributed by atoms with E-state index in [0.29, 0.717) is 5.75 Å². The molecular formula is C6H13NOS. The zero-order valence-electron chi connectivity index (χ0n) is 5.89. The number of hydrogen-bond acceptors (Lipinski definition) is 3. The maximum Gasteiger partial charge on any atom is 0.139 e. The fourth-order valence-corrected chi connectivity index (χ4v) is 1.17. The number of ketones is 1. The minimum atomic E-state index is 0.203. The third-order valence-electron chi connectivity index (χ3n) is 0.686. The second-order valence-corrected chi connectivity index (χ2v) is 3.22. The zero-order valence-corrected chi connectivity index (χ0v) is 6.70. The van der Waals surface area contributed by atoms with Gasteiger partial charge in [-0.2, -0.15) is 11.8 Å². The number of hydrogen-bond donors (Lipinski definition) is 1. The van der Waals surface area contributed by atoms with Crippen LogP contribution in [0.15, 0.2) is 0 Å². The lowest BCUT2D eigenvalue weighted by Gasteiger charge is -2.00. The van der Waals surface area contributed by atoms with Crippen LogP contribution < -0.4 is 5.73 Å². The van der Waals surface area contributed by atoms with Crippen molar-refractivity contribution in [2.75, 3.05) is 11.5 Å². The van der Waals surface area contributed by atoms with Crippen LogP contribution in [0.1, 0.15) is 13.8 Å². The molecule has 0 aromatic rings. The number of carbonyl (C=O) groups is 1. The molecule has 0 radical (unpaired) electrons. The van der Waals surface area contributed by atoms with E-state index in [9.17, 15) is 4.79 Å². The van der Waals surface area contributed by atoms with Crippen molar-refractivity contribution in [3.8, 4) is 0 Å². The molecule has 0 aliphatic carbocycles. The van der Waals surface area contributed by atoms with Crippen LogP contribution >= 0.6 is 11.8 Å². The topological polar surface area (TPSA) is 43.1 Å². The number of Topliss-reactive ketones (excluding diaryl/α,β-unsaturated/α-hetero) is 1. The van der Waals surface area contributed by atoms with Crippen LogP contribution in [0.5, 0.6) is 0 Å². The molecule has 0 saturated carbocycles. The third kappa shape index (κ3) is 7.98. The second kappa shape index (κ2) is 4.82. The van der Waals surface area contributed by atoms with E-state index in [1.807, 2.05) is 6.92 Å². The largest absolute Gasteiger partial charge is 0.327 e. The fourth-order valence-electron chi connectivity index (χ4n) is 0.389. The maximum absolute atomic E-state index is 10.4. The molecule has 0 aromatic carbocycles. The van der Waals surface area contributed by atoms with Crippen LogP contribution in [-0.2, 0) is 4.79 Å². The Morgan fingerprint density at radius 1 is 1.78 bits per heavy atom. The quantitative estimate of drug-likeness (QED) is 0.635. The first-order valence-electron chi connectivity index (χ1n) is 2.95. The van der Waals surface area contributed by atoms with E-state index >= 15 is 0 Å². The standard InChI is InChI=1S/C6H13NOS/c1-5(7)3-9-4-6(2)8/h5H,3-4,7H2,1-2H3/t5-/m1/s1. The molecule has 0 saturated heterocycles. The Hall–Kier alpha value is -0.0200. The summed E-state index contributed by atoms with van der Waals surface area (Å²) >= 11 is 1.59. The summed E-state index contributed by atoms with van der Waals surface area (Å²) in [6.45, 7) is 3.53. The summed E-state index contributed by atoms with van der Waals surface area (Å²) in [6.07, 6.45) is 0. The van der Waals surface area contributed by atoms with E-state index in [-0.39, 0.29) is 11.8 Å². The Balaban J connectivity index is 3.01. The Morgan fingerprint density at radius 2 is 2.33 bits per heavy atom. The van der Waals surface area contributed by atoms with E-state index in [4.69, 9.17) is 5.73 Å². The van der Waals surface area contributed by atoms with Crippen molar-refractivity contribution in [3.63, 3.8) is 0 Å². The molecule has 1 atom stereocenters. The summed E-state index contributed by atoms with van der Waals surface area (Å²) in [6, 6.07) is 0.203. The first-order chi connectivity index (χ1) is 4.13. The molecule has 0 aliphatic heterocycles. The van der Waals surface area contributed by atoms with Crippen molar-refractivity contribution in [2.45, 2.75) is 19.9 Å². The van der Waals surface area contributed by atoms with Crippen LogP contribution in [0.25, 0.3) is 0 Å². The predicted octanol–water partition coefficient (Wildman–Crippen LogP) is 0.656. The van der Waals surface area contributed by atoms with Crippen molar-refractivity contribution in [1.82, 2.24) is 0 Å².